The van der Waals surface area contributed by atoms with E-state index in [0.717, 1.165) is 9.26 Å². The molecule has 0 saturated heterocycles. The van der Waals surface area contributed by atoms with Crippen molar-refractivity contribution in [3.05, 3.63) is 52.1 Å². The fourth-order valence-corrected chi connectivity index (χ4v) is 2.14. The number of carbonyl (C=O) groups excluding carboxylic acids is 1. The highest BCUT2D eigenvalue weighted by molar-refractivity contribution is 14.1. The Bertz CT molecular complexity index is 587. The highest BCUT2D eigenvalue weighted by atomic mass is 127. The third kappa shape index (κ3) is 3.85. The Morgan fingerprint density at radius 2 is 1.89 bits per heavy atom. The largest absolute Gasteiger partial charge is 0.495 e. The Kier molecular flexibility index (Phi) is 4.62. The highest BCUT2D eigenvalue weighted by Crippen LogP contribution is 2.23. The highest BCUT2D eigenvalue weighted by Gasteiger charge is 2.06. The van der Waals surface area contributed by atoms with Gasteiger partial charge in [-0.1, -0.05) is 18.2 Å². The van der Waals surface area contributed by atoms with Gasteiger partial charge in [-0.15, -0.1) is 0 Å². The number of rotatable bonds is 3. The number of hydrogen-bond acceptors (Lipinski definition) is 2. The van der Waals surface area contributed by atoms with Gasteiger partial charge in [0.2, 0.25) is 0 Å². The fourth-order valence-electron chi connectivity index (χ4n) is 1.60. The lowest BCUT2D eigenvalue weighted by molar-refractivity contribution is 0.262. The number of anilines is 2. The Labute approximate surface area is 125 Å². The van der Waals surface area contributed by atoms with Crippen LogP contribution in [0.1, 0.15) is 0 Å². The molecular formula is C14H13IN2O2. The number of ether oxygens (including phenoxy) is 1. The first-order valence-electron chi connectivity index (χ1n) is 5.65. The van der Waals surface area contributed by atoms with Crippen LogP contribution in [0.25, 0.3) is 0 Å². The Morgan fingerprint density at radius 1 is 1.11 bits per heavy atom. The number of carbonyl (C=O) groups is 1. The van der Waals surface area contributed by atoms with Crippen molar-refractivity contribution < 1.29 is 9.53 Å². The topological polar surface area (TPSA) is 50.4 Å². The van der Waals surface area contributed by atoms with Gasteiger partial charge in [0.1, 0.15) is 5.75 Å². The van der Waals surface area contributed by atoms with Crippen molar-refractivity contribution in [1.29, 1.82) is 0 Å². The quantitative estimate of drug-likeness (QED) is 0.807. The molecule has 19 heavy (non-hydrogen) atoms. The Morgan fingerprint density at radius 3 is 2.63 bits per heavy atom. The van der Waals surface area contributed by atoms with Crippen LogP contribution in [0.2, 0.25) is 0 Å². The van der Waals surface area contributed by atoms with E-state index in [1.54, 1.807) is 19.2 Å². The van der Waals surface area contributed by atoms with Gasteiger partial charge in [-0.05, 0) is 52.9 Å². The lowest BCUT2D eigenvalue weighted by Crippen LogP contribution is -2.19. The second kappa shape index (κ2) is 6.42. The molecule has 4 nitrogen and oxygen atoms in total. The number of para-hydroxylation sites is 2. The normalized spacial score (nSPS) is 9.79. The summed E-state index contributed by atoms with van der Waals surface area (Å²) in [6, 6.07) is 14.5. The van der Waals surface area contributed by atoms with E-state index >= 15 is 0 Å². The van der Waals surface area contributed by atoms with Gasteiger partial charge >= 0.3 is 6.03 Å². The molecule has 0 heterocycles. The minimum atomic E-state index is -0.300. The van der Waals surface area contributed by atoms with Crippen molar-refractivity contribution in [2.24, 2.45) is 0 Å². The van der Waals surface area contributed by atoms with Gasteiger partial charge < -0.3 is 15.4 Å². The molecule has 0 aliphatic rings. The Hall–Kier alpha value is -1.76. The summed E-state index contributed by atoms with van der Waals surface area (Å²) in [6.45, 7) is 0. The summed E-state index contributed by atoms with van der Waals surface area (Å²) in [6.07, 6.45) is 0. The lowest BCUT2D eigenvalue weighted by Gasteiger charge is -2.11. The molecule has 0 aliphatic heterocycles. The minimum Gasteiger partial charge on any atom is -0.495 e. The first kappa shape index (κ1) is 13.7. The minimum absolute atomic E-state index is 0.300. The molecule has 0 spiro atoms. The molecule has 5 heteroatoms. The predicted octanol–water partition coefficient (Wildman–Crippen LogP) is 3.94. The molecule has 0 fully saturated rings. The maximum Gasteiger partial charge on any atom is 0.323 e. The van der Waals surface area contributed by atoms with E-state index in [-0.39, 0.29) is 6.03 Å². The number of urea groups is 1. The fraction of sp³-hybridized carbons (Fsp3) is 0.0714. The molecule has 0 unspecified atom stereocenters. The zero-order chi connectivity index (χ0) is 13.7. The van der Waals surface area contributed by atoms with Crippen LogP contribution in [-0.4, -0.2) is 13.1 Å². The summed E-state index contributed by atoms with van der Waals surface area (Å²) in [5, 5.41) is 5.52. The molecule has 0 saturated carbocycles. The Balaban J connectivity index is 2.05. The molecule has 2 rings (SSSR count). The predicted molar refractivity (Wildman–Crippen MR) is 84.8 cm³/mol. The van der Waals surface area contributed by atoms with Gasteiger partial charge in [0.15, 0.2) is 0 Å². The molecule has 2 amide bonds. The van der Waals surface area contributed by atoms with E-state index in [1.165, 1.54) is 0 Å². The smallest absolute Gasteiger partial charge is 0.323 e. The number of benzene rings is 2. The van der Waals surface area contributed by atoms with Gasteiger partial charge in [-0.3, -0.25) is 0 Å². The van der Waals surface area contributed by atoms with Crippen LogP contribution < -0.4 is 15.4 Å². The molecule has 0 atom stereocenters. The standard InChI is InChI=1S/C14H13IN2O2/c1-19-13-8-3-2-7-12(13)17-14(18)16-11-6-4-5-10(15)9-11/h2-9H,1H3,(H2,16,17,18). The second-order valence-electron chi connectivity index (χ2n) is 3.79. The van der Waals surface area contributed by atoms with E-state index < -0.39 is 0 Å². The molecule has 2 N–H and O–H groups in total. The van der Waals surface area contributed by atoms with Gasteiger partial charge in [-0.25, -0.2) is 4.79 Å². The van der Waals surface area contributed by atoms with Crippen LogP contribution in [0.3, 0.4) is 0 Å². The SMILES string of the molecule is COc1ccccc1NC(=O)Nc1cccc(I)c1. The first-order valence-corrected chi connectivity index (χ1v) is 6.73. The zero-order valence-corrected chi connectivity index (χ0v) is 12.5. The molecule has 98 valence electrons. The van der Waals surface area contributed by atoms with Gasteiger partial charge in [0, 0.05) is 9.26 Å². The van der Waals surface area contributed by atoms with E-state index in [1.807, 2.05) is 36.4 Å². The molecule has 0 bridgehead atoms. The zero-order valence-electron chi connectivity index (χ0n) is 10.3. The van der Waals surface area contributed by atoms with Crippen molar-refractivity contribution >= 4 is 40.0 Å². The third-order valence-corrected chi connectivity index (χ3v) is 3.11. The summed E-state index contributed by atoms with van der Waals surface area (Å²) in [4.78, 5) is 11.9. The van der Waals surface area contributed by atoms with Crippen LogP contribution in [0.5, 0.6) is 5.75 Å². The number of methoxy groups -OCH3 is 1. The average Bonchev–Trinajstić information content (AvgIpc) is 2.39. The van der Waals surface area contributed by atoms with Crippen molar-refractivity contribution in [3.8, 4) is 5.75 Å². The third-order valence-electron chi connectivity index (χ3n) is 2.44. The molecule has 2 aromatic carbocycles. The van der Waals surface area contributed by atoms with Crippen molar-refractivity contribution in [1.82, 2.24) is 0 Å². The molecule has 0 aromatic heterocycles. The molecule has 2 aromatic rings. The monoisotopic (exact) mass is 368 g/mol. The van der Waals surface area contributed by atoms with Crippen LogP contribution in [-0.2, 0) is 0 Å². The summed E-state index contributed by atoms with van der Waals surface area (Å²) < 4.78 is 6.23. The van der Waals surface area contributed by atoms with Crippen LogP contribution >= 0.6 is 22.6 Å². The van der Waals surface area contributed by atoms with E-state index in [0.29, 0.717) is 11.4 Å². The maximum atomic E-state index is 11.9. The summed E-state index contributed by atoms with van der Waals surface area (Å²) >= 11 is 2.20. The lowest BCUT2D eigenvalue weighted by atomic mass is 10.3. The van der Waals surface area contributed by atoms with Crippen molar-refractivity contribution in [2.75, 3.05) is 17.7 Å². The van der Waals surface area contributed by atoms with Gasteiger partial charge in [0.25, 0.3) is 0 Å². The van der Waals surface area contributed by atoms with Gasteiger partial charge in [-0.2, -0.15) is 0 Å². The van der Waals surface area contributed by atoms with E-state index in [4.69, 9.17) is 4.74 Å². The van der Waals surface area contributed by atoms with Gasteiger partial charge in [0.05, 0.1) is 12.8 Å². The number of halogens is 1. The van der Waals surface area contributed by atoms with Crippen LogP contribution in [0.4, 0.5) is 16.2 Å². The van der Waals surface area contributed by atoms with E-state index in [2.05, 4.69) is 33.2 Å². The second-order valence-corrected chi connectivity index (χ2v) is 5.04. The van der Waals surface area contributed by atoms with E-state index in [9.17, 15) is 4.79 Å². The maximum absolute atomic E-state index is 11.9. The molecule has 0 aliphatic carbocycles. The summed E-state index contributed by atoms with van der Waals surface area (Å²) in [5.41, 5.74) is 1.38. The summed E-state index contributed by atoms with van der Waals surface area (Å²) in [5.74, 6) is 0.625. The van der Waals surface area contributed by atoms with Crippen molar-refractivity contribution in [3.63, 3.8) is 0 Å². The van der Waals surface area contributed by atoms with Crippen molar-refractivity contribution in [2.45, 2.75) is 0 Å². The number of hydrogen-bond donors (Lipinski definition) is 2. The number of nitrogens with one attached hydrogen (secondary N) is 2. The molecular weight excluding hydrogens is 355 g/mol. The summed E-state index contributed by atoms with van der Waals surface area (Å²) in [7, 11) is 1.57. The number of amides is 2. The molecule has 0 radical (unpaired) electrons. The van der Waals surface area contributed by atoms with Crippen LogP contribution in [0.15, 0.2) is 48.5 Å². The van der Waals surface area contributed by atoms with Crippen LogP contribution in [0, 0.1) is 3.57 Å². The average molecular weight is 368 g/mol. The first-order chi connectivity index (χ1) is 9.19.